The van der Waals surface area contributed by atoms with Crippen molar-refractivity contribution in [3.05, 3.63) is 44.8 Å². The number of carbonyl (C=O) groups excluding carboxylic acids is 2. The number of aromatic nitrogens is 1. The molecule has 2 heterocycles. The lowest BCUT2D eigenvalue weighted by molar-refractivity contribution is -0.390. The fourth-order valence-corrected chi connectivity index (χ4v) is 2.39. The Balaban J connectivity index is 2.00. The van der Waals surface area contributed by atoms with Gasteiger partial charge in [-0.15, -0.1) is 11.3 Å². The number of hydrogen-bond acceptors (Lipinski definition) is 8. The molecule has 9 nitrogen and oxygen atoms in total. The van der Waals surface area contributed by atoms with Crippen LogP contribution in [0.2, 0.25) is 0 Å². The molecule has 0 radical (unpaired) electrons. The van der Waals surface area contributed by atoms with Gasteiger partial charge in [-0.3, -0.25) is 4.79 Å². The Morgan fingerprint density at radius 1 is 1.43 bits per heavy atom. The maximum atomic E-state index is 11.9. The van der Waals surface area contributed by atoms with Crippen molar-refractivity contribution in [2.24, 2.45) is 0 Å². The van der Waals surface area contributed by atoms with E-state index in [1.807, 2.05) is 0 Å². The van der Waals surface area contributed by atoms with E-state index in [0.717, 1.165) is 11.3 Å². The Bertz CT molecular complexity index is 745. The third-order valence-electron chi connectivity index (χ3n) is 2.59. The summed E-state index contributed by atoms with van der Waals surface area (Å²) in [7, 11) is 1.23. The largest absolute Gasteiger partial charge is 0.476 e. The summed E-state index contributed by atoms with van der Waals surface area (Å²) >= 11 is 1.12. The van der Waals surface area contributed by atoms with E-state index in [9.17, 15) is 19.7 Å². The summed E-state index contributed by atoms with van der Waals surface area (Å²) < 4.78 is 9.70. The van der Waals surface area contributed by atoms with E-state index in [1.165, 1.54) is 25.4 Å². The number of pyridine rings is 1. The molecule has 0 saturated heterocycles. The molecule has 0 bridgehead atoms. The van der Waals surface area contributed by atoms with Crippen LogP contribution >= 0.6 is 11.3 Å². The summed E-state index contributed by atoms with van der Waals surface area (Å²) in [6.07, 6.45) is 1.25. The molecule has 120 valence electrons. The molecule has 0 aliphatic heterocycles. The zero-order chi connectivity index (χ0) is 16.8. The van der Waals surface area contributed by atoms with E-state index in [1.54, 1.807) is 11.4 Å². The number of amides is 1. The van der Waals surface area contributed by atoms with Gasteiger partial charge in [0.25, 0.3) is 5.91 Å². The monoisotopic (exact) mass is 337 g/mol. The molecule has 0 atom stereocenters. The topological polar surface area (TPSA) is 121 Å². The molecule has 0 spiro atoms. The predicted octanol–water partition coefficient (Wildman–Crippen LogP) is 1.86. The Hall–Kier alpha value is -3.01. The van der Waals surface area contributed by atoms with Crippen molar-refractivity contribution in [2.45, 2.75) is 0 Å². The van der Waals surface area contributed by atoms with Gasteiger partial charge in [0, 0.05) is 0 Å². The molecule has 10 heteroatoms. The van der Waals surface area contributed by atoms with Crippen molar-refractivity contribution in [1.82, 2.24) is 4.98 Å². The summed E-state index contributed by atoms with van der Waals surface area (Å²) in [6, 6.07) is 4.33. The first-order valence-corrected chi connectivity index (χ1v) is 7.08. The highest BCUT2D eigenvalue weighted by Gasteiger charge is 2.18. The van der Waals surface area contributed by atoms with Crippen LogP contribution in [0.4, 0.5) is 11.5 Å². The van der Waals surface area contributed by atoms with Gasteiger partial charge in [0.2, 0.25) is 5.75 Å². The summed E-state index contributed by atoms with van der Waals surface area (Å²) in [4.78, 5) is 37.2. The number of nitrogens with one attached hydrogen (secondary N) is 1. The van der Waals surface area contributed by atoms with Gasteiger partial charge < -0.3 is 24.9 Å². The highest BCUT2D eigenvalue weighted by molar-refractivity contribution is 7.12. The normalized spacial score (nSPS) is 9.96. The van der Waals surface area contributed by atoms with Gasteiger partial charge in [-0.25, -0.2) is 4.79 Å². The number of esters is 1. The Morgan fingerprint density at radius 2 is 2.22 bits per heavy atom. The maximum absolute atomic E-state index is 11.9. The van der Waals surface area contributed by atoms with E-state index < -0.39 is 29.2 Å². The Kier molecular flexibility index (Phi) is 5.20. The Morgan fingerprint density at radius 3 is 2.91 bits per heavy atom. The number of rotatable bonds is 6. The molecule has 0 saturated carbocycles. The second kappa shape index (κ2) is 7.31. The van der Waals surface area contributed by atoms with E-state index in [4.69, 9.17) is 4.74 Å². The molecule has 0 aliphatic carbocycles. The van der Waals surface area contributed by atoms with E-state index in [0.29, 0.717) is 0 Å². The number of nitrogens with zero attached hydrogens (tertiary/aromatic N) is 2. The highest BCUT2D eigenvalue weighted by atomic mass is 32.1. The number of anilines is 1. The molecule has 0 unspecified atom stereocenters. The number of methoxy groups -OCH3 is 1. The maximum Gasteiger partial charge on any atom is 0.406 e. The van der Waals surface area contributed by atoms with Crippen LogP contribution in [0.3, 0.4) is 0 Å². The summed E-state index contributed by atoms with van der Waals surface area (Å²) in [6.45, 7) is -0.469. The predicted molar refractivity (Wildman–Crippen MR) is 80.7 cm³/mol. The molecule has 0 fully saturated rings. The molecule has 0 aromatic carbocycles. The van der Waals surface area contributed by atoms with E-state index in [-0.39, 0.29) is 16.3 Å². The van der Waals surface area contributed by atoms with Crippen molar-refractivity contribution < 1.29 is 24.0 Å². The number of ether oxygens (including phenoxy) is 2. The van der Waals surface area contributed by atoms with Gasteiger partial charge in [-0.05, 0) is 33.5 Å². The highest BCUT2D eigenvalue weighted by Crippen LogP contribution is 2.24. The second-order valence-electron chi connectivity index (χ2n) is 4.07. The van der Waals surface area contributed by atoms with Crippen LogP contribution in [-0.2, 0) is 9.53 Å². The number of hydrogen-bond donors (Lipinski definition) is 1. The average Bonchev–Trinajstić information content (AvgIpc) is 3.00. The zero-order valence-electron chi connectivity index (χ0n) is 11.8. The number of nitro groups is 1. The smallest absolute Gasteiger partial charge is 0.406 e. The SMILES string of the molecule is COC(=O)c1sccc1NC(=O)COc1cccnc1[N+](=O)[O-]. The molecule has 2 aromatic heterocycles. The van der Waals surface area contributed by atoms with Crippen LogP contribution in [-0.4, -0.2) is 35.5 Å². The second-order valence-corrected chi connectivity index (χ2v) is 4.99. The minimum atomic E-state index is -0.707. The fourth-order valence-electron chi connectivity index (χ4n) is 1.62. The summed E-state index contributed by atoms with van der Waals surface area (Å²) in [5, 5.41) is 14.9. The first-order valence-electron chi connectivity index (χ1n) is 6.20. The lowest BCUT2D eigenvalue weighted by atomic mass is 10.4. The quantitative estimate of drug-likeness (QED) is 0.485. The minimum absolute atomic E-state index is 0.119. The lowest BCUT2D eigenvalue weighted by Crippen LogP contribution is -2.21. The molecule has 2 aromatic rings. The molecule has 2 rings (SSSR count). The molecule has 23 heavy (non-hydrogen) atoms. The molecular formula is C13H11N3O6S. The minimum Gasteiger partial charge on any atom is -0.476 e. The number of carbonyl (C=O) groups is 2. The fraction of sp³-hybridized carbons (Fsp3) is 0.154. The third-order valence-corrected chi connectivity index (χ3v) is 3.49. The van der Waals surface area contributed by atoms with Gasteiger partial charge in [-0.1, -0.05) is 0 Å². The van der Waals surface area contributed by atoms with Gasteiger partial charge in [-0.2, -0.15) is 0 Å². The van der Waals surface area contributed by atoms with Gasteiger partial charge in [0.15, 0.2) is 6.61 Å². The lowest BCUT2D eigenvalue weighted by Gasteiger charge is -2.07. The van der Waals surface area contributed by atoms with Crippen LogP contribution in [0.15, 0.2) is 29.8 Å². The Labute approximate surface area is 134 Å². The van der Waals surface area contributed by atoms with Crippen molar-refractivity contribution in [3.63, 3.8) is 0 Å². The molecule has 0 aliphatic rings. The van der Waals surface area contributed by atoms with Gasteiger partial charge >= 0.3 is 11.8 Å². The first-order chi connectivity index (χ1) is 11.0. The van der Waals surface area contributed by atoms with Crippen LogP contribution in [0.25, 0.3) is 0 Å². The average molecular weight is 337 g/mol. The first kappa shape index (κ1) is 16.4. The van der Waals surface area contributed by atoms with E-state index in [2.05, 4.69) is 15.0 Å². The molecule has 1 amide bonds. The van der Waals surface area contributed by atoms with Crippen LogP contribution in [0.1, 0.15) is 9.67 Å². The van der Waals surface area contributed by atoms with Crippen molar-refractivity contribution in [1.29, 1.82) is 0 Å². The standard InChI is InChI=1S/C13H11N3O6S/c1-21-13(18)11-8(4-6-23-11)15-10(17)7-22-9-3-2-5-14-12(9)16(19)20/h2-6H,7H2,1H3,(H,15,17). The van der Waals surface area contributed by atoms with Crippen molar-refractivity contribution >= 4 is 34.7 Å². The van der Waals surface area contributed by atoms with Crippen molar-refractivity contribution in [3.8, 4) is 5.75 Å². The summed E-state index contributed by atoms with van der Waals surface area (Å²) in [5.41, 5.74) is 0.288. The van der Waals surface area contributed by atoms with Crippen molar-refractivity contribution in [2.75, 3.05) is 19.0 Å². The molecule has 1 N–H and O–H groups in total. The third kappa shape index (κ3) is 4.01. The zero-order valence-corrected chi connectivity index (χ0v) is 12.7. The van der Waals surface area contributed by atoms with E-state index >= 15 is 0 Å². The van der Waals surface area contributed by atoms with Crippen LogP contribution in [0, 0.1) is 10.1 Å². The van der Waals surface area contributed by atoms with Gasteiger partial charge in [0.05, 0.1) is 12.8 Å². The molecular weight excluding hydrogens is 326 g/mol. The summed E-state index contributed by atoms with van der Waals surface area (Å²) in [5.74, 6) is -1.75. The van der Waals surface area contributed by atoms with Crippen LogP contribution < -0.4 is 10.1 Å². The number of thiophene rings is 1. The van der Waals surface area contributed by atoms with Gasteiger partial charge in [0.1, 0.15) is 11.1 Å². The van der Waals surface area contributed by atoms with Crippen LogP contribution in [0.5, 0.6) is 5.75 Å².